The van der Waals surface area contributed by atoms with Gasteiger partial charge in [-0.2, -0.15) is 0 Å². The normalized spacial score (nSPS) is 19.4. The Kier molecular flexibility index (Phi) is 5.66. The van der Waals surface area contributed by atoms with Crippen LogP contribution in [0.3, 0.4) is 0 Å². The quantitative estimate of drug-likeness (QED) is 0.628. The van der Waals surface area contributed by atoms with Crippen molar-refractivity contribution < 1.29 is 14.6 Å². The molecule has 1 aliphatic rings. The van der Waals surface area contributed by atoms with Gasteiger partial charge in [-0.25, -0.2) is 9.78 Å². The molecule has 0 bridgehead atoms. The van der Waals surface area contributed by atoms with Crippen LogP contribution < -0.4 is 4.74 Å². The van der Waals surface area contributed by atoms with Crippen molar-refractivity contribution in [2.45, 2.75) is 52.2 Å². The maximum absolute atomic E-state index is 11.6. The van der Waals surface area contributed by atoms with Crippen LogP contribution in [0.5, 0.6) is 5.75 Å². The van der Waals surface area contributed by atoms with E-state index in [1.165, 1.54) is 5.56 Å². The van der Waals surface area contributed by atoms with Crippen molar-refractivity contribution in [3.63, 3.8) is 0 Å². The van der Waals surface area contributed by atoms with Crippen molar-refractivity contribution in [3.8, 4) is 16.9 Å². The lowest BCUT2D eigenvalue weighted by Gasteiger charge is -2.38. The van der Waals surface area contributed by atoms with Crippen LogP contribution >= 0.6 is 0 Å². The number of benzene rings is 1. The van der Waals surface area contributed by atoms with Gasteiger partial charge in [-0.05, 0) is 49.1 Å². The SMILES string of the molecule is Cc1c(-c2ccc(OC3CCN(C(=O)O)C(CC(C)C)C3)cc2)ccc2nccn12. The largest absolute Gasteiger partial charge is 0.490 e. The van der Waals surface area contributed by atoms with Crippen LogP contribution in [0.15, 0.2) is 48.8 Å². The van der Waals surface area contributed by atoms with Gasteiger partial charge in [0.2, 0.25) is 0 Å². The maximum Gasteiger partial charge on any atom is 0.407 e. The predicted octanol–water partition coefficient (Wildman–Crippen LogP) is 5.25. The van der Waals surface area contributed by atoms with Crippen molar-refractivity contribution in [1.29, 1.82) is 0 Å². The summed E-state index contributed by atoms with van der Waals surface area (Å²) in [5.74, 6) is 1.28. The molecule has 6 heteroatoms. The first-order valence-electron chi connectivity index (χ1n) is 10.6. The fraction of sp³-hybridized carbons (Fsp3) is 0.417. The van der Waals surface area contributed by atoms with E-state index in [4.69, 9.17) is 4.74 Å². The first-order chi connectivity index (χ1) is 14.4. The zero-order chi connectivity index (χ0) is 21.3. The molecule has 6 nitrogen and oxygen atoms in total. The third-order valence-electron chi connectivity index (χ3n) is 5.94. The molecule has 1 fully saturated rings. The Morgan fingerprint density at radius 1 is 1.23 bits per heavy atom. The highest BCUT2D eigenvalue weighted by molar-refractivity contribution is 5.68. The minimum Gasteiger partial charge on any atom is -0.490 e. The molecule has 3 heterocycles. The molecule has 1 saturated heterocycles. The lowest BCUT2D eigenvalue weighted by atomic mass is 9.92. The second-order valence-corrected chi connectivity index (χ2v) is 8.54. The second-order valence-electron chi connectivity index (χ2n) is 8.54. The van der Waals surface area contributed by atoms with Crippen molar-refractivity contribution >= 4 is 11.7 Å². The van der Waals surface area contributed by atoms with Gasteiger partial charge in [0.1, 0.15) is 17.5 Å². The van der Waals surface area contributed by atoms with E-state index in [9.17, 15) is 9.90 Å². The Labute approximate surface area is 177 Å². The molecule has 0 aliphatic carbocycles. The number of amides is 1. The molecule has 2 aromatic heterocycles. The van der Waals surface area contributed by atoms with E-state index in [1.807, 2.05) is 30.6 Å². The Morgan fingerprint density at radius 2 is 2.00 bits per heavy atom. The van der Waals surface area contributed by atoms with Gasteiger partial charge in [-0.1, -0.05) is 26.0 Å². The summed E-state index contributed by atoms with van der Waals surface area (Å²) in [6.45, 7) is 6.89. The molecule has 2 atom stereocenters. The second kappa shape index (κ2) is 8.38. The van der Waals surface area contributed by atoms with Gasteiger partial charge in [0.05, 0.1) is 0 Å². The number of hydrogen-bond acceptors (Lipinski definition) is 3. The molecule has 1 aromatic carbocycles. The average Bonchev–Trinajstić information content (AvgIpc) is 3.18. The van der Waals surface area contributed by atoms with E-state index >= 15 is 0 Å². The number of aromatic nitrogens is 2. The van der Waals surface area contributed by atoms with Gasteiger partial charge in [0, 0.05) is 49.1 Å². The molecule has 3 aromatic rings. The summed E-state index contributed by atoms with van der Waals surface area (Å²) in [7, 11) is 0. The standard InChI is InChI=1S/C24H29N3O3/c1-16(2)14-19-15-21(10-12-27(19)24(28)29)30-20-6-4-18(5-7-20)22-8-9-23-25-11-13-26(23)17(22)3/h4-9,11,13,16,19,21H,10,12,14-15H2,1-3H3,(H,28,29). The fourth-order valence-electron chi connectivity index (χ4n) is 4.48. The summed E-state index contributed by atoms with van der Waals surface area (Å²) in [5.41, 5.74) is 4.39. The van der Waals surface area contributed by atoms with E-state index in [2.05, 4.69) is 48.4 Å². The van der Waals surface area contributed by atoms with Gasteiger partial charge in [0.15, 0.2) is 0 Å². The summed E-state index contributed by atoms with van der Waals surface area (Å²) in [6, 6.07) is 12.3. The number of hydrogen-bond donors (Lipinski definition) is 1. The first kappa shape index (κ1) is 20.3. The lowest BCUT2D eigenvalue weighted by Crippen LogP contribution is -2.48. The summed E-state index contributed by atoms with van der Waals surface area (Å²) >= 11 is 0. The Bertz CT molecular complexity index is 1030. The average molecular weight is 408 g/mol. The number of piperidine rings is 1. The molecule has 30 heavy (non-hydrogen) atoms. The van der Waals surface area contributed by atoms with Crippen molar-refractivity contribution in [1.82, 2.24) is 14.3 Å². The van der Waals surface area contributed by atoms with E-state index in [0.717, 1.165) is 41.9 Å². The van der Waals surface area contributed by atoms with E-state index in [0.29, 0.717) is 12.5 Å². The summed E-state index contributed by atoms with van der Waals surface area (Å²) in [6.07, 6.45) is 5.32. The number of carbonyl (C=O) groups is 1. The fourth-order valence-corrected chi connectivity index (χ4v) is 4.48. The highest BCUT2D eigenvalue weighted by Gasteiger charge is 2.32. The number of pyridine rings is 1. The summed E-state index contributed by atoms with van der Waals surface area (Å²) < 4.78 is 8.33. The summed E-state index contributed by atoms with van der Waals surface area (Å²) in [4.78, 5) is 17.5. The Balaban J connectivity index is 1.46. The third-order valence-corrected chi connectivity index (χ3v) is 5.94. The smallest absolute Gasteiger partial charge is 0.407 e. The number of likely N-dealkylation sites (tertiary alicyclic amines) is 1. The monoisotopic (exact) mass is 407 g/mol. The zero-order valence-corrected chi connectivity index (χ0v) is 17.8. The predicted molar refractivity (Wildman–Crippen MR) is 117 cm³/mol. The Morgan fingerprint density at radius 3 is 2.70 bits per heavy atom. The molecule has 1 amide bonds. The van der Waals surface area contributed by atoms with Gasteiger partial charge < -0.3 is 19.1 Å². The van der Waals surface area contributed by atoms with E-state index in [-0.39, 0.29) is 12.1 Å². The number of ether oxygens (including phenoxy) is 1. The number of rotatable bonds is 5. The molecular weight excluding hydrogens is 378 g/mol. The molecule has 158 valence electrons. The van der Waals surface area contributed by atoms with Crippen LogP contribution in [0.1, 0.15) is 38.8 Å². The topological polar surface area (TPSA) is 67.1 Å². The number of fused-ring (bicyclic) bond motifs is 1. The number of imidazole rings is 1. The van der Waals surface area contributed by atoms with Crippen LogP contribution in [-0.2, 0) is 0 Å². The molecule has 0 spiro atoms. The first-order valence-corrected chi connectivity index (χ1v) is 10.6. The maximum atomic E-state index is 11.6. The van der Waals surface area contributed by atoms with Gasteiger partial charge in [0.25, 0.3) is 0 Å². The van der Waals surface area contributed by atoms with Crippen LogP contribution in [0.4, 0.5) is 4.79 Å². The molecule has 2 unspecified atom stereocenters. The van der Waals surface area contributed by atoms with Crippen LogP contribution in [0, 0.1) is 12.8 Å². The molecule has 1 aliphatic heterocycles. The lowest BCUT2D eigenvalue weighted by molar-refractivity contribution is 0.0473. The molecular formula is C24H29N3O3. The van der Waals surface area contributed by atoms with Crippen LogP contribution in [-0.4, -0.2) is 44.2 Å². The van der Waals surface area contributed by atoms with Crippen molar-refractivity contribution in [2.24, 2.45) is 5.92 Å². The van der Waals surface area contributed by atoms with Crippen LogP contribution in [0.25, 0.3) is 16.8 Å². The Hall–Kier alpha value is -3.02. The number of aryl methyl sites for hydroxylation is 1. The zero-order valence-electron chi connectivity index (χ0n) is 17.8. The van der Waals surface area contributed by atoms with E-state index in [1.54, 1.807) is 4.90 Å². The molecule has 1 N–H and O–H groups in total. The molecule has 4 rings (SSSR count). The summed E-state index contributed by atoms with van der Waals surface area (Å²) in [5, 5.41) is 9.49. The third kappa shape index (κ3) is 4.13. The number of carboxylic acid groups (broad SMARTS) is 1. The highest BCUT2D eigenvalue weighted by atomic mass is 16.5. The van der Waals surface area contributed by atoms with Crippen molar-refractivity contribution in [2.75, 3.05) is 6.54 Å². The van der Waals surface area contributed by atoms with Crippen molar-refractivity contribution in [3.05, 3.63) is 54.5 Å². The highest BCUT2D eigenvalue weighted by Crippen LogP contribution is 2.29. The molecule has 0 saturated carbocycles. The van der Waals surface area contributed by atoms with E-state index < -0.39 is 6.09 Å². The minimum atomic E-state index is -0.825. The van der Waals surface area contributed by atoms with Gasteiger partial charge in [-0.15, -0.1) is 0 Å². The van der Waals surface area contributed by atoms with Gasteiger partial charge >= 0.3 is 6.09 Å². The van der Waals surface area contributed by atoms with Crippen LogP contribution in [0.2, 0.25) is 0 Å². The number of nitrogens with zero attached hydrogens (tertiary/aromatic N) is 3. The minimum absolute atomic E-state index is 0.0186. The molecule has 0 radical (unpaired) electrons. The van der Waals surface area contributed by atoms with Gasteiger partial charge in [-0.3, -0.25) is 0 Å².